The number of hydrogen-bond donors (Lipinski definition) is 1. The summed E-state index contributed by atoms with van der Waals surface area (Å²) in [4.78, 5) is 14.0. The van der Waals surface area contributed by atoms with Crippen LogP contribution in [0.3, 0.4) is 0 Å². The molecular formula is C13H17BrN2O. The Morgan fingerprint density at radius 2 is 2.35 bits per heavy atom. The molecule has 1 aromatic carbocycles. The lowest BCUT2D eigenvalue weighted by Crippen LogP contribution is -2.46. The second-order valence-electron chi connectivity index (χ2n) is 4.55. The van der Waals surface area contributed by atoms with Crippen LogP contribution in [-0.4, -0.2) is 29.9 Å². The normalized spacial score (nSPS) is 20.4. The van der Waals surface area contributed by atoms with Gasteiger partial charge in [0.05, 0.1) is 6.42 Å². The first kappa shape index (κ1) is 12.6. The van der Waals surface area contributed by atoms with Crippen LogP contribution in [0.15, 0.2) is 28.7 Å². The summed E-state index contributed by atoms with van der Waals surface area (Å²) in [6.45, 7) is 1.55. The Kier molecular flexibility index (Phi) is 4.18. The highest BCUT2D eigenvalue weighted by Gasteiger charge is 2.21. The Bertz CT molecular complexity index is 408. The number of carbonyl (C=O) groups excluding carboxylic acids is 1. The molecule has 1 heterocycles. The lowest BCUT2D eigenvalue weighted by molar-refractivity contribution is -0.131. The van der Waals surface area contributed by atoms with E-state index in [2.05, 4.69) is 15.9 Å². The molecule has 2 rings (SSSR count). The molecule has 1 atom stereocenters. The molecule has 1 aliphatic rings. The summed E-state index contributed by atoms with van der Waals surface area (Å²) < 4.78 is 1.01. The van der Waals surface area contributed by atoms with Gasteiger partial charge in [0, 0.05) is 23.6 Å². The van der Waals surface area contributed by atoms with Gasteiger partial charge < -0.3 is 10.6 Å². The third kappa shape index (κ3) is 3.54. The minimum Gasteiger partial charge on any atom is -0.341 e. The van der Waals surface area contributed by atoms with Crippen molar-refractivity contribution < 1.29 is 4.79 Å². The summed E-state index contributed by atoms with van der Waals surface area (Å²) in [5.41, 5.74) is 6.92. The summed E-state index contributed by atoms with van der Waals surface area (Å²) >= 11 is 3.41. The average molecular weight is 297 g/mol. The zero-order valence-electron chi connectivity index (χ0n) is 9.73. The topological polar surface area (TPSA) is 46.3 Å². The van der Waals surface area contributed by atoms with Gasteiger partial charge in [-0.15, -0.1) is 0 Å². The summed E-state index contributed by atoms with van der Waals surface area (Å²) in [6.07, 6.45) is 2.51. The molecule has 2 N–H and O–H groups in total. The zero-order chi connectivity index (χ0) is 12.3. The highest BCUT2D eigenvalue weighted by Crippen LogP contribution is 2.14. The maximum Gasteiger partial charge on any atom is 0.227 e. The van der Waals surface area contributed by atoms with Crippen molar-refractivity contribution in [1.29, 1.82) is 0 Å². The molecule has 4 heteroatoms. The van der Waals surface area contributed by atoms with E-state index in [1.54, 1.807) is 0 Å². The van der Waals surface area contributed by atoms with Gasteiger partial charge in [0.15, 0.2) is 0 Å². The van der Waals surface area contributed by atoms with Gasteiger partial charge in [-0.3, -0.25) is 4.79 Å². The van der Waals surface area contributed by atoms with Crippen LogP contribution in [0.2, 0.25) is 0 Å². The van der Waals surface area contributed by atoms with Crippen LogP contribution in [0.1, 0.15) is 18.4 Å². The van der Waals surface area contributed by atoms with E-state index in [1.807, 2.05) is 29.2 Å². The molecule has 17 heavy (non-hydrogen) atoms. The highest BCUT2D eigenvalue weighted by molar-refractivity contribution is 9.10. The fraction of sp³-hybridized carbons (Fsp3) is 0.462. The minimum absolute atomic E-state index is 0.148. The minimum atomic E-state index is 0.148. The van der Waals surface area contributed by atoms with Gasteiger partial charge in [0.2, 0.25) is 5.91 Å². The lowest BCUT2D eigenvalue weighted by Gasteiger charge is -2.30. The number of piperidine rings is 1. The number of halogens is 1. The quantitative estimate of drug-likeness (QED) is 0.907. The number of hydrogen-bond acceptors (Lipinski definition) is 2. The SMILES string of the molecule is N[C@H]1CCCN(C(=O)Cc2cccc(Br)c2)C1. The van der Waals surface area contributed by atoms with Crippen LogP contribution in [0.25, 0.3) is 0 Å². The summed E-state index contributed by atoms with van der Waals surface area (Å²) in [5.74, 6) is 0.179. The Labute approximate surface area is 110 Å². The predicted octanol–water partition coefficient (Wildman–Crippen LogP) is 1.94. The second-order valence-corrected chi connectivity index (χ2v) is 5.46. The molecule has 0 aromatic heterocycles. The molecule has 0 bridgehead atoms. The predicted molar refractivity (Wildman–Crippen MR) is 71.6 cm³/mol. The molecule has 1 saturated heterocycles. The van der Waals surface area contributed by atoms with Crippen molar-refractivity contribution in [1.82, 2.24) is 4.90 Å². The van der Waals surface area contributed by atoms with Crippen LogP contribution < -0.4 is 5.73 Å². The van der Waals surface area contributed by atoms with E-state index >= 15 is 0 Å². The number of likely N-dealkylation sites (tertiary alicyclic amines) is 1. The van der Waals surface area contributed by atoms with Crippen molar-refractivity contribution in [2.75, 3.05) is 13.1 Å². The van der Waals surface area contributed by atoms with Crippen LogP contribution in [0, 0.1) is 0 Å². The Balaban J connectivity index is 1.96. The van der Waals surface area contributed by atoms with Crippen LogP contribution in [0.5, 0.6) is 0 Å². The molecule has 0 saturated carbocycles. The van der Waals surface area contributed by atoms with E-state index in [0.717, 1.165) is 29.4 Å². The van der Waals surface area contributed by atoms with Crippen molar-refractivity contribution in [3.8, 4) is 0 Å². The number of nitrogens with two attached hydrogens (primary N) is 1. The first-order valence-corrected chi connectivity index (χ1v) is 6.72. The van der Waals surface area contributed by atoms with E-state index in [0.29, 0.717) is 13.0 Å². The van der Waals surface area contributed by atoms with Crippen molar-refractivity contribution in [3.05, 3.63) is 34.3 Å². The summed E-state index contributed by atoms with van der Waals surface area (Å²) in [6, 6.07) is 8.03. The van der Waals surface area contributed by atoms with E-state index in [9.17, 15) is 4.79 Å². The lowest BCUT2D eigenvalue weighted by atomic mass is 10.1. The Morgan fingerprint density at radius 1 is 1.53 bits per heavy atom. The first-order valence-electron chi connectivity index (χ1n) is 5.93. The molecule has 0 unspecified atom stereocenters. The zero-order valence-corrected chi connectivity index (χ0v) is 11.3. The highest BCUT2D eigenvalue weighted by atomic mass is 79.9. The smallest absolute Gasteiger partial charge is 0.227 e. The number of amides is 1. The molecule has 0 spiro atoms. The summed E-state index contributed by atoms with van der Waals surface area (Å²) in [5, 5.41) is 0. The van der Waals surface area contributed by atoms with Crippen molar-refractivity contribution in [2.45, 2.75) is 25.3 Å². The van der Waals surface area contributed by atoms with Crippen LogP contribution in [0.4, 0.5) is 0 Å². The third-order valence-corrected chi connectivity index (χ3v) is 3.55. The van der Waals surface area contributed by atoms with Gasteiger partial charge in [-0.2, -0.15) is 0 Å². The maximum atomic E-state index is 12.1. The monoisotopic (exact) mass is 296 g/mol. The standard InChI is InChI=1S/C13H17BrN2O/c14-11-4-1-3-10(7-11)8-13(17)16-6-2-5-12(15)9-16/h1,3-4,7,12H,2,5-6,8-9,15H2/t12-/m0/s1. The molecule has 0 aliphatic carbocycles. The van der Waals surface area contributed by atoms with E-state index in [4.69, 9.17) is 5.73 Å². The number of benzene rings is 1. The van der Waals surface area contributed by atoms with E-state index in [1.165, 1.54) is 0 Å². The summed E-state index contributed by atoms with van der Waals surface area (Å²) in [7, 11) is 0. The molecular weight excluding hydrogens is 280 g/mol. The van der Waals surface area contributed by atoms with Crippen molar-refractivity contribution in [3.63, 3.8) is 0 Å². The number of rotatable bonds is 2. The maximum absolute atomic E-state index is 12.1. The molecule has 92 valence electrons. The molecule has 1 amide bonds. The average Bonchev–Trinajstić information content (AvgIpc) is 2.29. The Hall–Kier alpha value is -0.870. The van der Waals surface area contributed by atoms with Crippen molar-refractivity contribution >= 4 is 21.8 Å². The van der Waals surface area contributed by atoms with Gasteiger partial charge in [-0.05, 0) is 30.5 Å². The molecule has 3 nitrogen and oxygen atoms in total. The fourth-order valence-electron chi connectivity index (χ4n) is 2.17. The van der Waals surface area contributed by atoms with Gasteiger partial charge in [-0.1, -0.05) is 28.1 Å². The third-order valence-electron chi connectivity index (χ3n) is 3.05. The Morgan fingerprint density at radius 3 is 3.06 bits per heavy atom. The number of carbonyl (C=O) groups is 1. The molecule has 1 aliphatic heterocycles. The van der Waals surface area contributed by atoms with Crippen LogP contribution in [-0.2, 0) is 11.2 Å². The van der Waals surface area contributed by atoms with E-state index < -0.39 is 0 Å². The number of nitrogens with zero attached hydrogens (tertiary/aromatic N) is 1. The second kappa shape index (κ2) is 5.65. The van der Waals surface area contributed by atoms with Crippen LogP contribution >= 0.6 is 15.9 Å². The van der Waals surface area contributed by atoms with Gasteiger partial charge in [0.25, 0.3) is 0 Å². The molecule has 1 aromatic rings. The van der Waals surface area contributed by atoms with Gasteiger partial charge >= 0.3 is 0 Å². The van der Waals surface area contributed by atoms with Gasteiger partial charge in [0.1, 0.15) is 0 Å². The fourth-order valence-corrected chi connectivity index (χ4v) is 2.62. The largest absolute Gasteiger partial charge is 0.341 e. The first-order chi connectivity index (χ1) is 8.15. The van der Waals surface area contributed by atoms with Gasteiger partial charge in [-0.25, -0.2) is 0 Å². The van der Waals surface area contributed by atoms with E-state index in [-0.39, 0.29) is 11.9 Å². The van der Waals surface area contributed by atoms with Crippen molar-refractivity contribution in [2.24, 2.45) is 5.73 Å². The molecule has 1 fully saturated rings. The molecule has 0 radical (unpaired) electrons.